The van der Waals surface area contributed by atoms with E-state index >= 15 is 0 Å². The molecular weight excluding hydrogens is 709 g/mol. The first-order valence-corrected chi connectivity index (χ1v) is 18.7. The molecule has 6 heteroatoms. The highest BCUT2D eigenvalue weighted by atomic mass is 15.0. The summed E-state index contributed by atoms with van der Waals surface area (Å²) < 4.78 is 4.34. The fourth-order valence-electron chi connectivity index (χ4n) is 8.37. The second-order valence-electron chi connectivity index (χ2n) is 14.2. The van der Waals surface area contributed by atoms with Crippen LogP contribution >= 0.6 is 0 Å². The van der Waals surface area contributed by atoms with Gasteiger partial charge in [-0.2, -0.15) is 21.0 Å². The Bertz CT molecular complexity index is 3290. The minimum atomic E-state index is 0.482. The Balaban J connectivity index is 1.28. The van der Waals surface area contributed by atoms with E-state index in [0.717, 1.165) is 77.0 Å². The summed E-state index contributed by atoms with van der Waals surface area (Å²) in [5.41, 5.74) is 13.0. The molecule has 0 fully saturated rings. The number of fused-ring (bicyclic) bond motifs is 6. The Morgan fingerprint density at radius 2 is 0.759 bits per heavy atom. The van der Waals surface area contributed by atoms with E-state index in [0.29, 0.717) is 33.6 Å². The number of benzene rings is 8. The quantitative estimate of drug-likeness (QED) is 0.175. The van der Waals surface area contributed by atoms with Crippen molar-refractivity contribution in [3.8, 4) is 69.0 Å². The van der Waals surface area contributed by atoms with Gasteiger partial charge in [-0.25, -0.2) is 0 Å². The molecule has 2 aromatic heterocycles. The van der Waals surface area contributed by atoms with Gasteiger partial charge in [0.2, 0.25) is 0 Å². The van der Waals surface area contributed by atoms with Crippen LogP contribution in [0.2, 0.25) is 0 Å². The third kappa shape index (κ3) is 5.31. The maximum atomic E-state index is 11.3. The zero-order valence-corrected chi connectivity index (χ0v) is 30.8. The number of hydrogen-bond acceptors (Lipinski definition) is 4. The number of nitrogens with zero attached hydrogens (tertiary/aromatic N) is 6. The summed E-state index contributed by atoms with van der Waals surface area (Å²) in [7, 11) is 0. The molecule has 0 amide bonds. The van der Waals surface area contributed by atoms with Crippen LogP contribution in [0.25, 0.3) is 88.4 Å². The van der Waals surface area contributed by atoms with Gasteiger partial charge in [0.1, 0.15) is 11.6 Å². The lowest BCUT2D eigenvalue weighted by atomic mass is 9.96. The van der Waals surface area contributed by atoms with Crippen molar-refractivity contribution in [2.45, 2.75) is 0 Å². The van der Waals surface area contributed by atoms with Crippen molar-refractivity contribution in [3.63, 3.8) is 0 Å². The number of para-hydroxylation sites is 2. The number of nitriles is 4. The molecule has 0 bridgehead atoms. The van der Waals surface area contributed by atoms with Crippen molar-refractivity contribution >= 4 is 43.6 Å². The molecule has 266 valence electrons. The van der Waals surface area contributed by atoms with Crippen LogP contribution in [-0.4, -0.2) is 9.13 Å². The van der Waals surface area contributed by atoms with Crippen LogP contribution in [0.15, 0.2) is 170 Å². The van der Waals surface area contributed by atoms with Crippen LogP contribution in [-0.2, 0) is 0 Å². The van der Waals surface area contributed by atoms with Crippen LogP contribution in [0.4, 0.5) is 0 Å². The van der Waals surface area contributed by atoms with Crippen molar-refractivity contribution in [2.75, 3.05) is 0 Å². The first kappa shape index (κ1) is 33.9. The molecule has 8 aromatic carbocycles. The molecule has 0 aliphatic heterocycles. The Kier molecular flexibility index (Phi) is 7.92. The maximum absolute atomic E-state index is 11.3. The van der Waals surface area contributed by atoms with Crippen molar-refractivity contribution in [1.82, 2.24) is 9.13 Å². The average Bonchev–Trinajstić information content (AvgIpc) is 3.80. The largest absolute Gasteiger partial charge is 0.308 e. The van der Waals surface area contributed by atoms with E-state index in [4.69, 9.17) is 0 Å². The van der Waals surface area contributed by atoms with Crippen molar-refractivity contribution in [3.05, 3.63) is 192 Å². The van der Waals surface area contributed by atoms with Crippen molar-refractivity contribution in [1.29, 1.82) is 21.0 Å². The van der Waals surface area contributed by atoms with Gasteiger partial charge >= 0.3 is 0 Å². The Morgan fingerprint density at radius 3 is 1.22 bits per heavy atom. The third-order valence-corrected chi connectivity index (χ3v) is 11.1. The van der Waals surface area contributed by atoms with Gasteiger partial charge in [0.25, 0.3) is 0 Å². The molecule has 6 nitrogen and oxygen atoms in total. The molecule has 58 heavy (non-hydrogen) atoms. The minimum Gasteiger partial charge on any atom is -0.308 e. The van der Waals surface area contributed by atoms with Crippen LogP contribution in [0.3, 0.4) is 0 Å². The number of hydrogen-bond donors (Lipinski definition) is 0. The van der Waals surface area contributed by atoms with Gasteiger partial charge in [0, 0.05) is 21.5 Å². The predicted octanol–water partition coefficient (Wildman–Crippen LogP) is 12.4. The van der Waals surface area contributed by atoms with Gasteiger partial charge in [-0.05, 0) is 112 Å². The first-order chi connectivity index (χ1) is 28.6. The van der Waals surface area contributed by atoms with Crippen molar-refractivity contribution in [2.24, 2.45) is 0 Å². The molecule has 0 N–H and O–H groups in total. The van der Waals surface area contributed by atoms with Crippen LogP contribution in [0, 0.1) is 45.3 Å². The van der Waals surface area contributed by atoms with E-state index in [1.165, 1.54) is 0 Å². The fourth-order valence-corrected chi connectivity index (χ4v) is 8.37. The second kappa shape index (κ2) is 13.6. The Hall–Kier alpha value is -8.68. The summed E-state index contributed by atoms with van der Waals surface area (Å²) in [6, 6.07) is 65.5. The van der Waals surface area contributed by atoms with Crippen LogP contribution in [0.5, 0.6) is 0 Å². The molecule has 10 aromatic rings. The highest BCUT2D eigenvalue weighted by Gasteiger charge is 2.23. The van der Waals surface area contributed by atoms with Gasteiger partial charge in [-0.15, -0.1) is 0 Å². The van der Waals surface area contributed by atoms with E-state index in [9.17, 15) is 21.0 Å². The molecule has 0 aliphatic rings. The normalized spacial score (nSPS) is 11.0. The smallest absolute Gasteiger partial charge is 0.104 e. The third-order valence-electron chi connectivity index (χ3n) is 11.1. The molecule has 10 rings (SSSR count). The summed E-state index contributed by atoms with van der Waals surface area (Å²) in [6.07, 6.45) is 0. The van der Waals surface area contributed by atoms with E-state index in [1.54, 1.807) is 0 Å². The minimum absolute atomic E-state index is 0.482. The maximum Gasteiger partial charge on any atom is 0.104 e. The fraction of sp³-hybridized carbons (Fsp3) is 0. The lowest BCUT2D eigenvalue weighted by molar-refractivity contribution is 1.12. The molecule has 0 unspecified atom stereocenters. The van der Waals surface area contributed by atoms with E-state index in [1.807, 2.05) is 109 Å². The highest BCUT2D eigenvalue weighted by molar-refractivity contribution is 6.12. The molecule has 0 saturated carbocycles. The van der Waals surface area contributed by atoms with E-state index in [-0.39, 0.29) is 0 Å². The summed E-state index contributed by atoms with van der Waals surface area (Å²) in [5.74, 6) is 0. The molecule has 0 radical (unpaired) electrons. The first-order valence-electron chi connectivity index (χ1n) is 18.7. The van der Waals surface area contributed by atoms with Gasteiger partial charge < -0.3 is 9.13 Å². The van der Waals surface area contributed by atoms with Gasteiger partial charge in [0.15, 0.2) is 0 Å². The second-order valence-corrected chi connectivity index (χ2v) is 14.2. The molecule has 0 spiro atoms. The van der Waals surface area contributed by atoms with Gasteiger partial charge in [-0.1, -0.05) is 91.0 Å². The van der Waals surface area contributed by atoms with E-state index in [2.05, 4.69) is 94.1 Å². The lowest BCUT2D eigenvalue weighted by Gasteiger charge is -2.19. The monoisotopic (exact) mass is 736 g/mol. The summed E-state index contributed by atoms with van der Waals surface area (Å²) >= 11 is 0. The predicted molar refractivity (Wildman–Crippen MR) is 230 cm³/mol. The molecular formula is C52H28N6. The van der Waals surface area contributed by atoms with E-state index < -0.39 is 0 Å². The summed E-state index contributed by atoms with van der Waals surface area (Å²) in [6.45, 7) is 0. The SMILES string of the molecule is N#Cc1ccc(-c2ccc3c(c2)c2ccccc2n3-c2cc(-c3ccccc3C#N)cc(-n3c4ccccc4c4cc(-c5ccc(C#N)cc5)ccc43)c2C#N)cc1. The number of rotatable bonds is 5. The van der Waals surface area contributed by atoms with Crippen LogP contribution < -0.4 is 0 Å². The van der Waals surface area contributed by atoms with Crippen molar-refractivity contribution < 1.29 is 0 Å². The zero-order valence-electron chi connectivity index (χ0n) is 30.8. The molecule has 0 atom stereocenters. The van der Waals surface area contributed by atoms with Gasteiger partial charge in [-0.3, -0.25) is 0 Å². The average molecular weight is 737 g/mol. The lowest BCUT2D eigenvalue weighted by Crippen LogP contribution is -2.05. The molecule has 0 aliphatic carbocycles. The standard InChI is InChI=1S/C52H28N6/c53-29-33-13-17-35(18-14-33)37-21-23-49-44(25-37)42-9-3-5-11-47(42)57(49)51-27-40(41-8-2-1-7-39(41)31-55)28-52(46(51)32-56)58-48-12-6-4-10-43(48)45-26-38(22-24-50(45)58)36-19-15-34(30-54)16-20-36/h1-28H. The zero-order chi connectivity index (χ0) is 39.3. The number of aromatic nitrogens is 2. The Labute approximate surface area is 333 Å². The highest BCUT2D eigenvalue weighted by Crippen LogP contribution is 2.42. The summed E-state index contributed by atoms with van der Waals surface area (Å²) in [4.78, 5) is 0. The van der Waals surface area contributed by atoms with Crippen LogP contribution in [0.1, 0.15) is 22.3 Å². The summed E-state index contributed by atoms with van der Waals surface area (Å²) in [5, 5.41) is 44.5. The molecule has 0 saturated heterocycles. The van der Waals surface area contributed by atoms with Gasteiger partial charge in [0.05, 0.1) is 68.3 Å². The topological polar surface area (TPSA) is 105 Å². The molecule has 2 heterocycles. The Morgan fingerprint density at radius 1 is 0.328 bits per heavy atom.